The molecule has 4 rings (SSSR count). The number of ether oxygens (including phenoxy) is 1. The minimum atomic E-state index is 0.335. The topological polar surface area (TPSA) is 71.7 Å². The van der Waals surface area contributed by atoms with Gasteiger partial charge < -0.3 is 14.2 Å². The van der Waals surface area contributed by atoms with Gasteiger partial charge in [-0.05, 0) is 69.0 Å². The molecule has 0 spiro atoms. The number of hydrogen-bond acceptors (Lipinski definition) is 6. The first-order valence-corrected chi connectivity index (χ1v) is 10.2. The molecule has 0 aliphatic carbocycles. The Morgan fingerprint density at radius 2 is 1.96 bits per heavy atom. The number of methoxy groups -OCH3 is 1. The second kappa shape index (κ2) is 8.73. The zero-order chi connectivity index (χ0) is 19.3. The van der Waals surface area contributed by atoms with Crippen molar-refractivity contribution >= 4 is 5.91 Å². The molecule has 7 heteroatoms. The normalized spacial score (nSPS) is 18.8. The zero-order valence-electron chi connectivity index (χ0n) is 16.5. The van der Waals surface area contributed by atoms with Gasteiger partial charge >= 0.3 is 0 Å². The second-order valence-electron chi connectivity index (χ2n) is 7.73. The number of rotatable bonds is 7. The van der Waals surface area contributed by atoms with Gasteiger partial charge in [0.1, 0.15) is 5.75 Å². The fourth-order valence-electron chi connectivity index (χ4n) is 4.08. The number of nitrogens with zero attached hydrogens (tertiary/aromatic N) is 4. The molecule has 0 saturated carbocycles. The lowest BCUT2D eigenvalue weighted by molar-refractivity contribution is -0.127. The molecule has 2 aromatic rings. The minimum absolute atomic E-state index is 0.335. The first kappa shape index (κ1) is 18.9. The van der Waals surface area contributed by atoms with Crippen LogP contribution in [-0.4, -0.2) is 59.1 Å². The lowest BCUT2D eigenvalue weighted by Crippen LogP contribution is -2.35. The molecule has 3 heterocycles. The molecule has 0 N–H and O–H groups in total. The molecular formula is C21H28N4O3. The summed E-state index contributed by atoms with van der Waals surface area (Å²) < 4.78 is 10.6. The van der Waals surface area contributed by atoms with E-state index in [0.717, 1.165) is 56.8 Å². The van der Waals surface area contributed by atoms with Gasteiger partial charge in [0.2, 0.25) is 17.6 Å². The molecule has 0 unspecified atom stereocenters. The van der Waals surface area contributed by atoms with Gasteiger partial charge in [0.05, 0.1) is 13.7 Å². The first-order chi connectivity index (χ1) is 13.7. The smallest absolute Gasteiger partial charge is 0.241 e. The molecule has 0 atom stereocenters. The van der Waals surface area contributed by atoms with E-state index in [2.05, 4.69) is 15.0 Å². The number of carbonyl (C=O) groups excluding carboxylic acids is 1. The van der Waals surface area contributed by atoms with E-state index in [9.17, 15) is 4.79 Å². The van der Waals surface area contributed by atoms with Crippen molar-refractivity contribution in [2.75, 3.05) is 33.3 Å². The molecule has 1 aromatic carbocycles. The molecule has 28 heavy (non-hydrogen) atoms. The monoisotopic (exact) mass is 384 g/mol. The first-order valence-electron chi connectivity index (χ1n) is 10.2. The fourth-order valence-corrected chi connectivity index (χ4v) is 4.08. The second-order valence-corrected chi connectivity index (χ2v) is 7.73. The molecule has 0 radical (unpaired) electrons. The van der Waals surface area contributed by atoms with E-state index in [1.54, 1.807) is 7.11 Å². The SMILES string of the molecule is COc1ccc(-c2noc(CN3CCC(CCN4CCCC4=O)CC3)n2)cc1. The number of amides is 1. The average Bonchev–Trinajstić information content (AvgIpc) is 3.36. The van der Waals surface area contributed by atoms with Gasteiger partial charge in [0.25, 0.3) is 0 Å². The van der Waals surface area contributed by atoms with E-state index < -0.39 is 0 Å². The summed E-state index contributed by atoms with van der Waals surface area (Å²) in [6.07, 6.45) is 5.23. The highest BCUT2D eigenvalue weighted by Gasteiger charge is 2.24. The number of carbonyl (C=O) groups is 1. The molecule has 7 nitrogen and oxygen atoms in total. The van der Waals surface area contributed by atoms with Crippen LogP contribution in [0, 0.1) is 5.92 Å². The highest BCUT2D eigenvalue weighted by molar-refractivity contribution is 5.78. The molecule has 2 saturated heterocycles. The number of hydrogen-bond donors (Lipinski definition) is 0. The quantitative estimate of drug-likeness (QED) is 0.731. The third kappa shape index (κ3) is 4.52. The number of benzene rings is 1. The van der Waals surface area contributed by atoms with Crippen LogP contribution >= 0.6 is 0 Å². The van der Waals surface area contributed by atoms with Crippen molar-refractivity contribution in [3.63, 3.8) is 0 Å². The summed E-state index contributed by atoms with van der Waals surface area (Å²) in [5.74, 6) is 3.13. The molecule has 2 fully saturated rings. The van der Waals surface area contributed by atoms with Crippen molar-refractivity contribution in [2.24, 2.45) is 5.92 Å². The van der Waals surface area contributed by atoms with Crippen molar-refractivity contribution in [2.45, 2.75) is 38.6 Å². The van der Waals surface area contributed by atoms with Crippen LogP contribution in [0.3, 0.4) is 0 Å². The highest BCUT2D eigenvalue weighted by Crippen LogP contribution is 2.24. The summed E-state index contributed by atoms with van der Waals surface area (Å²) in [7, 11) is 1.65. The van der Waals surface area contributed by atoms with Gasteiger partial charge in [-0.1, -0.05) is 5.16 Å². The Labute approximate surface area is 165 Å². The number of aromatic nitrogens is 2. The summed E-state index contributed by atoms with van der Waals surface area (Å²) in [6.45, 7) is 4.65. The van der Waals surface area contributed by atoms with Crippen LogP contribution in [0.5, 0.6) is 5.75 Å². The van der Waals surface area contributed by atoms with E-state index in [4.69, 9.17) is 9.26 Å². The van der Waals surface area contributed by atoms with Crippen LogP contribution in [0.4, 0.5) is 0 Å². The fraction of sp³-hybridized carbons (Fsp3) is 0.571. The van der Waals surface area contributed by atoms with Crippen LogP contribution in [0.15, 0.2) is 28.8 Å². The molecule has 2 aliphatic heterocycles. The Bertz CT molecular complexity index is 781. The van der Waals surface area contributed by atoms with Crippen LogP contribution in [-0.2, 0) is 11.3 Å². The molecule has 1 aromatic heterocycles. The Morgan fingerprint density at radius 1 is 1.18 bits per heavy atom. The van der Waals surface area contributed by atoms with Crippen molar-refractivity contribution in [3.8, 4) is 17.1 Å². The van der Waals surface area contributed by atoms with Gasteiger partial charge in [-0.3, -0.25) is 9.69 Å². The largest absolute Gasteiger partial charge is 0.497 e. The molecule has 2 aliphatic rings. The predicted molar refractivity (Wildman–Crippen MR) is 105 cm³/mol. The summed E-state index contributed by atoms with van der Waals surface area (Å²) in [5, 5.41) is 4.11. The van der Waals surface area contributed by atoms with Crippen LogP contribution in [0.25, 0.3) is 11.4 Å². The van der Waals surface area contributed by atoms with Gasteiger partial charge in [-0.15, -0.1) is 0 Å². The average molecular weight is 384 g/mol. The van der Waals surface area contributed by atoms with Crippen LogP contribution in [0.1, 0.15) is 38.0 Å². The maximum Gasteiger partial charge on any atom is 0.241 e. The van der Waals surface area contributed by atoms with Crippen molar-refractivity contribution in [3.05, 3.63) is 30.2 Å². The van der Waals surface area contributed by atoms with E-state index in [0.29, 0.717) is 30.1 Å². The van der Waals surface area contributed by atoms with Gasteiger partial charge in [-0.25, -0.2) is 0 Å². The van der Waals surface area contributed by atoms with Gasteiger partial charge in [0.15, 0.2) is 0 Å². The lowest BCUT2D eigenvalue weighted by Gasteiger charge is -2.31. The molecule has 1 amide bonds. The Morgan fingerprint density at radius 3 is 2.64 bits per heavy atom. The van der Waals surface area contributed by atoms with E-state index in [-0.39, 0.29) is 0 Å². The Kier molecular flexibility index (Phi) is 5.90. The van der Waals surface area contributed by atoms with Crippen LogP contribution < -0.4 is 4.74 Å². The highest BCUT2D eigenvalue weighted by atomic mass is 16.5. The Hall–Kier alpha value is -2.41. The van der Waals surface area contributed by atoms with E-state index >= 15 is 0 Å². The third-order valence-corrected chi connectivity index (χ3v) is 5.86. The number of likely N-dealkylation sites (tertiary alicyclic amines) is 2. The van der Waals surface area contributed by atoms with Gasteiger partial charge in [-0.2, -0.15) is 4.98 Å². The number of piperidine rings is 1. The van der Waals surface area contributed by atoms with Crippen molar-refractivity contribution in [1.29, 1.82) is 0 Å². The molecule has 0 bridgehead atoms. The van der Waals surface area contributed by atoms with Crippen LogP contribution in [0.2, 0.25) is 0 Å². The molecular weight excluding hydrogens is 356 g/mol. The zero-order valence-corrected chi connectivity index (χ0v) is 16.5. The van der Waals surface area contributed by atoms with Crippen molar-refractivity contribution in [1.82, 2.24) is 19.9 Å². The summed E-state index contributed by atoms with van der Waals surface area (Å²) >= 11 is 0. The third-order valence-electron chi connectivity index (χ3n) is 5.86. The Balaban J connectivity index is 1.23. The van der Waals surface area contributed by atoms with E-state index in [1.165, 1.54) is 12.8 Å². The predicted octanol–water partition coefficient (Wildman–Crippen LogP) is 2.97. The molecule has 150 valence electrons. The maximum atomic E-state index is 11.7. The van der Waals surface area contributed by atoms with Gasteiger partial charge in [0, 0.05) is 25.1 Å². The lowest BCUT2D eigenvalue weighted by atomic mass is 9.93. The standard InChI is InChI=1S/C21H28N4O3/c1-27-18-6-4-17(5-7-18)21-22-19(28-23-21)15-24-12-8-16(9-13-24)10-14-25-11-2-3-20(25)26/h4-7,16H,2-3,8-15H2,1H3. The van der Waals surface area contributed by atoms with Crippen molar-refractivity contribution < 1.29 is 14.1 Å². The maximum absolute atomic E-state index is 11.7. The summed E-state index contributed by atoms with van der Waals surface area (Å²) in [4.78, 5) is 20.7. The summed E-state index contributed by atoms with van der Waals surface area (Å²) in [5.41, 5.74) is 0.922. The van der Waals surface area contributed by atoms with E-state index in [1.807, 2.05) is 29.2 Å². The summed E-state index contributed by atoms with van der Waals surface area (Å²) in [6, 6.07) is 7.66. The minimum Gasteiger partial charge on any atom is -0.497 e.